The van der Waals surface area contributed by atoms with Gasteiger partial charge in [-0.1, -0.05) is 25.2 Å². The first-order chi connectivity index (χ1) is 15.9. The second kappa shape index (κ2) is 12.4. The summed E-state index contributed by atoms with van der Waals surface area (Å²) in [5.74, 6) is 1.92. The third kappa shape index (κ3) is 6.95. The third-order valence-corrected chi connectivity index (χ3v) is 8.06. The highest BCUT2D eigenvalue weighted by molar-refractivity contribution is 7.99. The van der Waals surface area contributed by atoms with E-state index >= 15 is 0 Å². The highest BCUT2D eigenvalue weighted by Crippen LogP contribution is 2.31. The van der Waals surface area contributed by atoms with Crippen LogP contribution in [0.5, 0.6) is 5.75 Å². The summed E-state index contributed by atoms with van der Waals surface area (Å²) in [6.45, 7) is 12.0. The van der Waals surface area contributed by atoms with E-state index in [-0.39, 0.29) is 5.91 Å². The van der Waals surface area contributed by atoms with Gasteiger partial charge < -0.3 is 9.64 Å². The van der Waals surface area contributed by atoms with Gasteiger partial charge in [-0.3, -0.25) is 9.69 Å². The van der Waals surface area contributed by atoms with Gasteiger partial charge in [0.2, 0.25) is 5.91 Å². The van der Waals surface area contributed by atoms with E-state index in [0.717, 1.165) is 52.9 Å². The van der Waals surface area contributed by atoms with Gasteiger partial charge in [-0.05, 0) is 86.6 Å². The fourth-order valence-corrected chi connectivity index (χ4v) is 5.55. The van der Waals surface area contributed by atoms with Crippen LogP contribution in [0.1, 0.15) is 37.8 Å². The molecule has 0 aliphatic heterocycles. The van der Waals surface area contributed by atoms with E-state index in [1.807, 2.05) is 17.0 Å². The molecule has 0 aliphatic rings. The van der Waals surface area contributed by atoms with Gasteiger partial charge in [-0.2, -0.15) is 0 Å². The Morgan fingerprint density at radius 3 is 2.42 bits per heavy atom. The first kappa shape index (κ1) is 25.5. The first-order valence-electron chi connectivity index (χ1n) is 11.6. The lowest BCUT2D eigenvalue weighted by atomic mass is 10.1. The molecule has 0 bridgehead atoms. The molecule has 0 radical (unpaired) electrons. The summed E-state index contributed by atoms with van der Waals surface area (Å²) in [6.07, 6.45) is 1.36. The highest BCUT2D eigenvalue weighted by Gasteiger charge is 2.20. The van der Waals surface area contributed by atoms with Crippen LogP contribution in [0, 0.1) is 13.8 Å². The van der Waals surface area contributed by atoms with Crippen molar-refractivity contribution in [2.45, 2.75) is 45.4 Å². The highest BCUT2D eigenvalue weighted by atomic mass is 32.2. The molecule has 3 aromatic rings. The minimum atomic E-state index is 0.157. The number of nitrogens with zero attached hydrogens (tertiary/aromatic N) is 3. The van der Waals surface area contributed by atoms with Gasteiger partial charge in [0.1, 0.15) is 5.75 Å². The number of hydrogen-bond acceptors (Lipinski definition) is 6. The van der Waals surface area contributed by atoms with Crippen molar-refractivity contribution in [3.8, 4) is 5.75 Å². The number of anilines is 1. The van der Waals surface area contributed by atoms with Crippen molar-refractivity contribution in [1.82, 2.24) is 9.88 Å². The molecule has 5 nitrogen and oxygen atoms in total. The molecule has 178 valence electrons. The van der Waals surface area contributed by atoms with Crippen LogP contribution in [-0.2, 0) is 4.79 Å². The molecule has 1 amide bonds. The number of likely N-dealkylation sites (N-methyl/N-ethyl adjacent to an activating group) is 1. The minimum absolute atomic E-state index is 0.157. The average Bonchev–Trinajstić information content (AvgIpc) is 3.22. The van der Waals surface area contributed by atoms with Crippen molar-refractivity contribution in [3.63, 3.8) is 0 Å². The summed E-state index contributed by atoms with van der Waals surface area (Å²) in [5.41, 5.74) is 3.47. The summed E-state index contributed by atoms with van der Waals surface area (Å²) < 4.78 is 6.36. The number of carbonyl (C=O) groups is 1. The second-order valence-electron chi connectivity index (χ2n) is 8.10. The van der Waals surface area contributed by atoms with Gasteiger partial charge in [0.25, 0.3) is 0 Å². The molecule has 1 heterocycles. The van der Waals surface area contributed by atoms with E-state index < -0.39 is 0 Å². The number of benzene rings is 2. The maximum absolute atomic E-state index is 13.3. The Hall–Kier alpha value is -2.09. The molecule has 1 aromatic heterocycles. The number of thiazole rings is 1. The van der Waals surface area contributed by atoms with Crippen LogP contribution >= 0.6 is 23.1 Å². The Balaban J connectivity index is 1.66. The Morgan fingerprint density at radius 1 is 1.06 bits per heavy atom. The van der Waals surface area contributed by atoms with E-state index in [0.29, 0.717) is 13.0 Å². The average molecular weight is 486 g/mol. The van der Waals surface area contributed by atoms with Crippen LogP contribution < -0.4 is 9.64 Å². The van der Waals surface area contributed by atoms with E-state index in [9.17, 15) is 4.79 Å². The van der Waals surface area contributed by atoms with Gasteiger partial charge in [-0.25, -0.2) is 4.98 Å². The summed E-state index contributed by atoms with van der Waals surface area (Å²) >= 11 is 3.40. The molecule has 2 aromatic carbocycles. The monoisotopic (exact) mass is 485 g/mol. The number of carbonyl (C=O) groups excluding carboxylic acids is 1. The Bertz CT molecular complexity index is 1010. The van der Waals surface area contributed by atoms with Crippen LogP contribution in [0.4, 0.5) is 5.13 Å². The minimum Gasteiger partial charge on any atom is -0.497 e. The SMILES string of the molecule is CCN(CC)CCN(C(=O)CCCSc1ccc(OC)cc1)c1nc2cc(C)c(C)cc2s1. The topological polar surface area (TPSA) is 45.7 Å². The molecule has 0 atom stereocenters. The molecule has 33 heavy (non-hydrogen) atoms. The van der Waals surface area contributed by atoms with Crippen LogP contribution in [-0.4, -0.2) is 54.8 Å². The fraction of sp³-hybridized carbons (Fsp3) is 0.462. The van der Waals surface area contributed by atoms with E-state index in [1.165, 1.54) is 16.0 Å². The zero-order valence-corrected chi connectivity index (χ0v) is 22.0. The van der Waals surface area contributed by atoms with Crippen molar-refractivity contribution in [1.29, 1.82) is 0 Å². The molecule has 0 saturated carbocycles. The Kier molecular flexibility index (Phi) is 9.59. The summed E-state index contributed by atoms with van der Waals surface area (Å²) in [5, 5.41) is 0.815. The Labute approximate surface area is 206 Å². The number of thioether (sulfide) groups is 1. The number of amides is 1. The number of ether oxygens (including phenoxy) is 1. The molecule has 0 fully saturated rings. The zero-order chi connectivity index (χ0) is 23.8. The van der Waals surface area contributed by atoms with E-state index in [4.69, 9.17) is 9.72 Å². The molecule has 0 N–H and O–H groups in total. The van der Waals surface area contributed by atoms with Gasteiger partial charge in [0.15, 0.2) is 5.13 Å². The van der Waals surface area contributed by atoms with Crippen LogP contribution in [0.15, 0.2) is 41.3 Å². The number of rotatable bonds is 12. The number of fused-ring (bicyclic) bond motifs is 1. The standard InChI is InChI=1S/C26H35N3O2S2/c1-6-28(7-2)14-15-29(26-27-23-17-19(3)20(4)18-24(23)33-26)25(30)9-8-16-32-22-12-10-21(31-5)11-13-22/h10-13,17-18H,6-9,14-16H2,1-5H3. The maximum Gasteiger partial charge on any atom is 0.228 e. The van der Waals surface area contributed by atoms with Crippen molar-refractivity contribution in [2.24, 2.45) is 0 Å². The number of methoxy groups -OCH3 is 1. The number of hydrogen-bond donors (Lipinski definition) is 0. The van der Waals surface area contributed by atoms with Crippen molar-refractivity contribution in [2.75, 3.05) is 43.9 Å². The summed E-state index contributed by atoms with van der Waals surface area (Å²) in [7, 11) is 1.67. The third-order valence-electron chi connectivity index (χ3n) is 5.92. The van der Waals surface area contributed by atoms with Crippen LogP contribution in [0.3, 0.4) is 0 Å². The van der Waals surface area contributed by atoms with E-state index in [2.05, 4.69) is 56.9 Å². The van der Waals surface area contributed by atoms with Gasteiger partial charge in [0.05, 0.1) is 17.3 Å². The molecule has 0 spiro atoms. The molecular formula is C26H35N3O2S2. The quantitative estimate of drug-likeness (QED) is 0.227. The van der Waals surface area contributed by atoms with Crippen LogP contribution in [0.25, 0.3) is 10.2 Å². The van der Waals surface area contributed by atoms with E-state index in [1.54, 1.807) is 30.2 Å². The molecule has 0 unspecified atom stereocenters. The van der Waals surface area contributed by atoms with Gasteiger partial charge >= 0.3 is 0 Å². The van der Waals surface area contributed by atoms with Crippen molar-refractivity contribution < 1.29 is 9.53 Å². The zero-order valence-electron chi connectivity index (χ0n) is 20.4. The fourth-order valence-electron chi connectivity index (χ4n) is 3.61. The molecule has 7 heteroatoms. The van der Waals surface area contributed by atoms with Crippen LogP contribution in [0.2, 0.25) is 0 Å². The molecular weight excluding hydrogens is 450 g/mol. The van der Waals surface area contributed by atoms with Crippen molar-refractivity contribution in [3.05, 3.63) is 47.5 Å². The maximum atomic E-state index is 13.3. The lowest BCUT2D eigenvalue weighted by Crippen LogP contribution is -2.38. The largest absolute Gasteiger partial charge is 0.497 e. The predicted octanol–water partition coefficient (Wildman–Crippen LogP) is 6.17. The lowest BCUT2D eigenvalue weighted by molar-refractivity contribution is -0.118. The molecule has 3 rings (SSSR count). The lowest BCUT2D eigenvalue weighted by Gasteiger charge is -2.24. The number of aromatic nitrogens is 1. The van der Waals surface area contributed by atoms with Crippen molar-refractivity contribution >= 4 is 44.4 Å². The summed E-state index contributed by atoms with van der Waals surface area (Å²) in [6, 6.07) is 12.4. The molecule has 0 aliphatic carbocycles. The van der Waals surface area contributed by atoms with Gasteiger partial charge in [0, 0.05) is 24.4 Å². The van der Waals surface area contributed by atoms with Gasteiger partial charge in [-0.15, -0.1) is 11.8 Å². The number of aryl methyl sites for hydroxylation is 2. The summed E-state index contributed by atoms with van der Waals surface area (Å²) in [4.78, 5) is 23.6. The normalized spacial score (nSPS) is 11.3. The second-order valence-corrected chi connectivity index (χ2v) is 10.3. The predicted molar refractivity (Wildman–Crippen MR) is 142 cm³/mol. The Morgan fingerprint density at radius 2 is 1.76 bits per heavy atom. The smallest absolute Gasteiger partial charge is 0.228 e. The first-order valence-corrected chi connectivity index (χ1v) is 13.4. The molecule has 0 saturated heterocycles.